The van der Waals surface area contributed by atoms with Crippen molar-refractivity contribution in [1.82, 2.24) is 14.3 Å². The molecule has 0 unspecified atom stereocenters. The molecule has 22 heavy (non-hydrogen) atoms. The second-order valence-corrected chi connectivity index (χ2v) is 5.34. The summed E-state index contributed by atoms with van der Waals surface area (Å²) in [5.41, 5.74) is 6.45. The summed E-state index contributed by atoms with van der Waals surface area (Å²) < 4.78 is 4.15. The van der Waals surface area contributed by atoms with Crippen molar-refractivity contribution in [2.75, 3.05) is 10.6 Å². The molecule has 0 aromatic carbocycles. The van der Waals surface area contributed by atoms with Crippen LogP contribution in [0.1, 0.15) is 24.6 Å². The lowest BCUT2D eigenvalue weighted by Crippen LogP contribution is -2.35. The lowest BCUT2D eigenvalue weighted by atomic mass is 10.2. The van der Waals surface area contributed by atoms with Gasteiger partial charge >= 0.3 is 0 Å². The fraction of sp³-hybridized carbons (Fsp3) is 0.308. The van der Waals surface area contributed by atoms with E-state index in [9.17, 15) is 4.79 Å². The molecule has 0 bridgehead atoms. The lowest BCUT2D eigenvalue weighted by molar-refractivity contribution is -0.118. The molecule has 8 nitrogen and oxygen atoms in total. The number of aromatic nitrogens is 3. The summed E-state index contributed by atoms with van der Waals surface area (Å²) in [6, 6.07) is 3.30. The summed E-state index contributed by atoms with van der Waals surface area (Å²) in [6.45, 7) is 3.70. The molecule has 0 aliphatic heterocycles. The van der Waals surface area contributed by atoms with Gasteiger partial charge in [-0.3, -0.25) is 4.79 Å². The van der Waals surface area contributed by atoms with Gasteiger partial charge in [-0.1, -0.05) is 6.92 Å². The Bertz CT molecular complexity index is 721. The molecule has 1 atom stereocenters. The monoisotopic (exact) mass is 317 g/mol. The zero-order valence-electron chi connectivity index (χ0n) is 12.1. The van der Waals surface area contributed by atoms with Crippen LogP contribution in [0, 0.1) is 18.3 Å². The molecule has 4 N–H and O–H groups in total. The Morgan fingerprint density at radius 2 is 2.36 bits per heavy atom. The second-order valence-electron chi connectivity index (χ2n) is 4.53. The Kier molecular flexibility index (Phi) is 4.85. The first-order chi connectivity index (χ1) is 10.5. The Morgan fingerprint density at radius 3 is 2.91 bits per heavy atom. The van der Waals surface area contributed by atoms with E-state index in [-0.39, 0.29) is 5.95 Å². The van der Waals surface area contributed by atoms with Crippen LogP contribution in [0.15, 0.2) is 12.3 Å². The van der Waals surface area contributed by atoms with Gasteiger partial charge in [-0.05, 0) is 30.9 Å². The van der Waals surface area contributed by atoms with Gasteiger partial charge in [0.15, 0.2) is 5.82 Å². The van der Waals surface area contributed by atoms with E-state index >= 15 is 0 Å². The van der Waals surface area contributed by atoms with Gasteiger partial charge in [0.25, 0.3) is 0 Å². The lowest BCUT2D eigenvalue weighted by Gasteiger charge is -2.14. The van der Waals surface area contributed by atoms with Crippen LogP contribution in [0.25, 0.3) is 0 Å². The topological polar surface area (TPSA) is 130 Å². The van der Waals surface area contributed by atoms with Gasteiger partial charge in [-0.25, -0.2) is 4.98 Å². The molecule has 2 rings (SSSR count). The van der Waals surface area contributed by atoms with E-state index in [2.05, 4.69) is 25.0 Å². The van der Waals surface area contributed by atoms with Crippen LogP contribution in [0.2, 0.25) is 0 Å². The van der Waals surface area contributed by atoms with Crippen LogP contribution in [0.4, 0.5) is 16.8 Å². The Balaban J connectivity index is 2.26. The molecule has 114 valence electrons. The maximum absolute atomic E-state index is 11.3. The molecule has 2 aromatic heterocycles. The maximum atomic E-state index is 11.3. The van der Waals surface area contributed by atoms with Gasteiger partial charge in [0, 0.05) is 0 Å². The molecular formula is C13H15N7OS. The molecule has 2 aromatic rings. The van der Waals surface area contributed by atoms with Gasteiger partial charge in [-0.2, -0.15) is 14.6 Å². The van der Waals surface area contributed by atoms with Crippen LogP contribution in [0.3, 0.4) is 0 Å². The minimum Gasteiger partial charge on any atom is -0.368 e. The van der Waals surface area contributed by atoms with Crippen molar-refractivity contribution in [3.05, 3.63) is 23.5 Å². The molecule has 0 radical (unpaired) electrons. The molecule has 0 spiro atoms. The number of primary amides is 1. The predicted octanol–water partition coefficient (Wildman–Crippen LogP) is 1.53. The van der Waals surface area contributed by atoms with E-state index in [0.717, 1.165) is 10.7 Å². The quantitative estimate of drug-likeness (QED) is 0.736. The normalized spacial score (nSPS) is 11.5. The van der Waals surface area contributed by atoms with Crippen molar-refractivity contribution in [2.45, 2.75) is 26.3 Å². The highest BCUT2D eigenvalue weighted by Crippen LogP contribution is 2.23. The Hall–Kier alpha value is -2.73. The number of aryl methyl sites for hydroxylation is 1. The molecular weight excluding hydrogens is 302 g/mol. The first kappa shape index (κ1) is 15.7. The summed E-state index contributed by atoms with van der Waals surface area (Å²) >= 11 is 1.27. The number of hydrogen-bond acceptors (Lipinski definition) is 8. The first-order valence-corrected chi connectivity index (χ1v) is 7.34. The van der Waals surface area contributed by atoms with Gasteiger partial charge < -0.3 is 16.4 Å². The highest BCUT2D eigenvalue weighted by Gasteiger charge is 2.15. The zero-order valence-corrected chi connectivity index (χ0v) is 12.9. The van der Waals surface area contributed by atoms with Gasteiger partial charge in [0.05, 0.1) is 11.9 Å². The van der Waals surface area contributed by atoms with Crippen molar-refractivity contribution in [2.24, 2.45) is 5.73 Å². The van der Waals surface area contributed by atoms with Crippen molar-refractivity contribution >= 4 is 34.2 Å². The van der Waals surface area contributed by atoms with E-state index in [0.29, 0.717) is 17.8 Å². The molecule has 9 heteroatoms. The second kappa shape index (κ2) is 6.82. The number of nitrogens with one attached hydrogen (secondary N) is 2. The molecule has 0 saturated carbocycles. The van der Waals surface area contributed by atoms with Gasteiger partial charge in [-0.15, -0.1) is 0 Å². The summed E-state index contributed by atoms with van der Waals surface area (Å²) in [4.78, 5) is 19.5. The first-order valence-electron chi connectivity index (χ1n) is 6.56. The van der Waals surface area contributed by atoms with Crippen molar-refractivity contribution in [3.8, 4) is 6.07 Å². The molecule has 2 heterocycles. The van der Waals surface area contributed by atoms with Gasteiger partial charge in [0.2, 0.25) is 11.9 Å². The van der Waals surface area contributed by atoms with E-state index < -0.39 is 11.9 Å². The minimum absolute atomic E-state index is 0.230. The Morgan fingerprint density at radius 1 is 1.59 bits per heavy atom. The third-order valence-electron chi connectivity index (χ3n) is 2.83. The van der Waals surface area contributed by atoms with Crippen molar-refractivity contribution in [1.29, 1.82) is 5.26 Å². The van der Waals surface area contributed by atoms with E-state index in [1.807, 2.05) is 26.0 Å². The van der Waals surface area contributed by atoms with Gasteiger partial charge in [0.1, 0.15) is 22.7 Å². The highest BCUT2D eigenvalue weighted by atomic mass is 32.1. The van der Waals surface area contributed by atoms with Crippen LogP contribution < -0.4 is 16.4 Å². The number of amides is 1. The van der Waals surface area contributed by atoms with E-state index in [4.69, 9.17) is 11.0 Å². The molecule has 0 saturated heterocycles. The third kappa shape index (κ3) is 3.67. The van der Waals surface area contributed by atoms with Crippen LogP contribution in [0.5, 0.6) is 0 Å². The number of hydrogen-bond donors (Lipinski definition) is 3. The van der Waals surface area contributed by atoms with Crippen LogP contribution in [-0.4, -0.2) is 26.3 Å². The number of nitriles is 1. The smallest absolute Gasteiger partial charge is 0.239 e. The number of carbonyl (C=O) groups is 1. The molecule has 0 fully saturated rings. The standard InChI is InChI=1S/C13H15N7OS/c1-3-9(11(15)21)17-13-16-6-8(5-14)12(19-13)18-10-4-7(2)20-22-10/h4,6,9H,3H2,1-2H3,(H2,15,21)(H2,16,17,18,19)/t9-/m1/s1. The van der Waals surface area contributed by atoms with E-state index in [1.54, 1.807) is 0 Å². The molecule has 1 amide bonds. The summed E-state index contributed by atoms with van der Waals surface area (Å²) in [5, 5.41) is 15.8. The number of carbonyl (C=O) groups excluding carboxylic acids is 1. The summed E-state index contributed by atoms with van der Waals surface area (Å²) in [5.74, 6) is 0.0967. The minimum atomic E-state index is -0.563. The number of nitrogens with two attached hydrogens (primary N) is 1. The maximum Gasteiger partial charge on any atom is 0.239 e. The predicted molar refractivity (Wildman–Crippen MR) is 83.8 cm³/mol. The van der Waals surface area contributed by atoms with Crippen LogP contribution >= 0.6 is 11.5 Å². The van der Waals surface area contributed by atoms with E-state index in [1.165, 1.54) is 17.7 Å². The average Bonchev–Trinajstić information content (AvgIpc) is 2.90. The fourth-order valence-corrected chi connectivity index (χ4v) is 2.36. The average molecular weight is 317 g/mol. The Labute approximate surface area is 131 Å². The highest BCUT2D eigenvalue weighted by molar-refractivity contribution is 7.10. The largest absolute Gasteiger partial charge is 0.368 e. The summed E-state index contributed by atoms with van der Waals surface area (Å²) in [6.07, 6.45) is 1.90. The number of anilines is 3. The van der Waals surface area contributed by atoms with Crippen molar-refractivity contribution in [3.63, 3.8) is 0 Å². The fourth-order valence-electron chi connectivity index (χ4n) is 1.70. The third-order valence-corrected chi connectivity index (χ3v) is 3.63. The molecule has 0 aliphatic rings. The number of nitrogens with zero attached hydrogens (tertiary/aromatic N) is 4. The number of rotatable bonds is 6. The van der Waals surface area contributed by atoms with Crippen LogP contribution in [-0.2, 0) is 4.79 Å². The SMILES string of the molecule is CC[C@@H](Nc1ncc(C#N)c(Nc2cc(C)ns2)n1)C(N)=O. The van der Waals surface area contributed by atoms with Crippen molar-refractivity contribution < 1.29 is 4.79 Å². The summed E-state index contributed by atoms with van der Waals surface area (Å²) in [7, 11) is 0. The zero-order chi connectivity index (χ0) is 16.1. The molecule has 0 aliphatic carbocycles.